The van der Waals surface area contributed by atoms with E-state index in [0.717, 1.165) is 56.2 Å². The summed E-state index contributed by atoms with van der Waals surface area (Å²) in [5, 5.41) is 0. The number of Topliss-reactive ketones (excluding diaryl/α,β-unsaturated/α-hetero) is 2. The van der Waals surface area contributed by atoms with Gasteiger partial charge in [0.15, 0.2) is 11.6 Å². The van der Waals surface area contributed by atoms with Gasteiger partial charge in [-0.05, 0) is 86.0 Å². The van der Waals surface area contributed by atoms with E-state index in [0.29, 0.717) is 6.42 Å². The van der Waals surface area contributed by atoms with Crippen molar-refractivity contribution in [3.63, 3.8) is 0 Å². The lowest BCUT2D eigenvalue weighted by Gasteiger charge is -2.68. The first-order chi connectivity index (χ1) is 18.1. The van der Waals surface area contributed by atoms with Gasteiger partial charge in [-0.15, -0.1) is 0 Å². The first-order valence-corrected chi connectivity index (χ1v) is 15.0. The summed E-state index contributed by atoms with van der Waals surface area (Å²) in [5.41, 5.74) is 0.820. The van der Waals surface area contributed by atoms with Crippen LogP contribution >= 0.6 is 0 Å². The number of ketones is 3. The predicted molar refractivity (Wildman–Crippen MR) is 154 cm³/mol. The summed E-state index contributed by atoms with van der Waals surface area (Å²) in [5.74, 6) is 0.0709. The van der Waals surface area contributed by atoms with Crippen molar-refractivity contribution >= 4 is 23.1 Å². The molecule has 0 aromatic heterocycles. The third-order valence-corrected chi connectivity index (χ3v) is 12.8. The molecule has 0 aromatic rings. The Labute approximate surface area is 234 Å². The van der Waals surface area contributed by atoms with Crippen molar-refractivity contribution in [3.8, 4) is 0 Å². The first-order valence-electron chi connectivity index (χ1n) is 15.0. The molecular formula is C34H46N2O3. The molecule has 3 fully saturated rings. The van der Waals surface area contributed by atoms with Gasteiger partial charge in [0.05, 0.1) is 6.57 Å². The summed E-state index contributed by atoms with van der Waals surface area (Å²) in [7, 11) is 1.75. The van der Waals surface area contributed by atoms with E-state index in [4.69, 9.17) is 6.57 Å². The minimum atomic E-state index is -0.491. The minimum absolute atomic E-state index is 0.0195. The second-order valence-corrected chi connectivity index (χ2v) is 15.1. The molecule has 210 valence electrons. The van der Waals surface area contributed by atoms with Crippen molar-refractivity contribution in [2.24, 2.45) is 55.7 Å². The number of carbonyl (C=O) groups excluding carboxylic acids is 3. The SMILES string of the molecule is [C-]#[N+]C1=C[C@]2(C)C3=CC(=O)[C@@H]4[C@@H]5CC(C)(C)CC[C@]5(C(=O)CC(C)=NC)CC[C@@]4(C)[C@]3(C)CC[C@H]2[C@H](C)C1=O. The molecule has 0 saturated heterocycles. The van der Waals surface area contributed by atoms with Crippen molar-refractivity contribution in [2.75, 3.05) is 7.05 Å². The van der Waals surface area contributed by atoms with Crippen LogP contribution in [0.4, 0.5) is 0 Å². The Morgan fingerprint density at radius 3 is 2.36 bits per heavy atom. The normalized spacial score (nSPS) is 45.1. The van der Waals surface area contributed by atoms with E-state index in [9.17, 15) is 14.4 Å². The fourth-order valence-corrected chi connectivity index (χ4v) is 10.2. The van der Waals surface area contributed by atoms with Gasteiger partial charge in [0, 0.05) is 41.8 Å². The number of nitrogens with zero attached hydrogens (tertiary/aromatic N) is 2. The fraction of sp³-hybridized carbons (Fsp3) is 0.735. The molecule has 8 atom stereocenters. The second-order valence-electron chi connectivity index (χ2n) is 15.1. The maximum atomic E-state index is 14.5. The van der Waals surface area contributed by atoms with Crippen LogP contribution in [0.1, 0.15) is 99.8 Å². The number of hydrogen-bond donors (Lipinski definition) is 0. The Kier molecular flexibility index (Phi) is 6.38. The van der Waals surface area contributed by atoms with Gasteiger partial charge in [0.25, 0.3) is 0 Å². The average molecular weight is 531 g/mol. The molecule has 0 aliphatic heterocycles. The van der Waals surface area contributed by atoms with Crippen LogP contribution in [0.3, 0.4) is 0 Å². The van der Waals surface area contributed by atoms with Crippen LogP contribution in [-0.4, -0.2) is 30.1 Å². The highest BCUT2D eigenvalue weighted by molar-refractivity contribution is 6.04. The molecule has 5 heteroatoms. The predicted octanol–water partition coefficient (Wildman–Crippen LogP) is 7.22. The number of allylic oxidation sites excluding steroid dienone is 4. The molecule has 0 unspecified atom stereocenters. The molecule has 0 amide bonds. The maximum absolute atomic E-state index is 14.5. The zero-order valence-corrected chi connectivity index (χ0v) is 25.2. The molecule has 5 aliphatic carbocycles. The zero-order chi connectivity index (χ0) is 28.8. The summed E-state index contributed by atoms with van der Waals surface area (Å²) in [6.45, 7) is 23.0. The van der Waals surface area contributed by atoms with Crippen LogP contribution in [0.15, 0.2) is 28.4 Å². The van der Waals surface area contributed by atoms with Crippen molar-refractivity contribution in [1.82, 2.24) is 0 Å². The van der Waals surface area contributed by atoms with Crippen molar-refractivity contribution < 1.29 is 14.4 Å². The summed E-state index contributed by atoms with van der Waals surface area (Å²) in [6, 6.07) is 0. The largest absolute Gasteiger partial charge is 0.308 e. The molecule has 0 radical (unpaired) electrons. The highest BCUT2D eigenvalue weighted by atomic mass is 16.1. The lowest BCUT2D eigenvalue weighted by atomic mass is 9.34. The van der Waals surface area contributed by atoms with Gasteiger partial charge in [-0.1, -0.05) is 53.2 Å². The third-order valence-electron chi connectivity index (χ3n) is 12.8. The van der Waals surface area contributed by atoms with Gasteiger partial charge in [0.2, 0.25) is 5.70 Å². The van der Waals surface area contributed by atoms with Gasteiger partial charge in [-0.25, -0.2) is 4.85 Å². The summed E-state index contributed by atoms with van der Waals surface area (Å²) in [4.78, 5) is 49.5. The molecule has 5 rings (SSSR count). The Morgan fingerprint density at radius 1 is 1.05 bits per heavy atom. The second kappa shape index (κ2) is 8.82. The van der Waals surface area contributed by atoms with Crippen LogP contribution < -0.4 is 0 Å². The molecule has 5 aliphatic rings. The van der Waals surface area contributed by atoms with Gasteiger partial charge in [0.1, 0.15) is 5.78 Å². The van der Waals surface area contributed by atoms with E-state index < -0.39 is 10.8 Å². The fourth-order valence-electron chi connectivity index (χ4n) is 10.2. The van der Waals surface area contributed by atoms with Gasteiger partial charge >= 0.3 is 0 Å². The maximum Gasteiger partial charge on any atom is 0.226 e. The lowest BCUT2D eigenvalue weighted by molar-refractivity contribution is -0.175. The molecule has 0 spiro atoms. The van der Waals surface area contributed by atoms with Crippen molar-refractivity contribution in [3.05, 3.63) is 34.8 Å². The van der Waals surface area contributed by atoms with Crippen molar-refractivity contribution in [1.29, 1.82) is 0 Å². The number of hydrogen-bond acceptors (Lipinski definition) is 4. The molecule has 39 heavy (non-hydrogen) atoms. The third kappa shape index (κ3) is 3.69. The highest BCUT2D eigenvalue weighted by Crippen LogP contribution is 2.74. The van der Waals surface area contributed by atoms with E-state index in [1.807, 2.05) is 26.0 Å². The number of carbonyl (C=O) groups is 3. The van der Waals surface area contributed by atoms with E-state index in [2.05, 4.69) is 44.5 Å². The van der Waals surface area contributed by atoms with Crippen LogP contribution in [0.25, 0.3) is 4.85 Å². The highest BCUT2D eigenvalue weighted by Gasteiger charge is 2.69. The minimum Gasteiger partial charge on any atom is -0.308 e. The van der Waals surface area contributed by atoms with Crippen LogP contribution in [-0.2, 0) is 14.4 Å². The Hall–Kier alpha value is -2.35. The van der Waals surface area contributed by atoms with Crippen LogP contribution in [0.2, 0.25) is 0 Å². The van der Waals surface area contributed by atoms with Gasteiger partial charge in [-0.2, -0.15) is 0 Å². The van der Waals surface area contributed by atoms with E-state index in [1.54, 1.807) is 7.05 Å². The topological polar surface area (TPSA) is 67.9 Å². The number of aliphatic imine (C=N–C) groups is 1. The quantitative estimate of drug-likeness (QED) is 0.286. The van der Waals surface area contributed by atoms with Crippen molar-refractivity contribution in [2.45, 2.75) is 99.8 Å². The smallest absolute Gasteiger partial charge is 0.226 e. The Bertz CT molecular complexity index is 1280. The summed E-state index contributed by atoms with van der Waals surface area (Å²) < 4.78 is 0. The standard InChI is InChI=1S/C34H46N2O3/c1-20(35-8)16-27(38)34-14-12-30(3,4)18-23(34)28-25(37)17-26-31(5)19-24(36-9)29(39)21(2)22(31)10-11-32(26,6)33(28,7)13-15-34/h17,19,21-23,28H,10-16,18H2,1-8H3/t21-,22-,23-,28-,31-,32+,33+,34-/m0/s1. The zero-order valence-electron chi connectivity index (χ0n) is 25.2. The number of rotatable bonds is 3. The van der Waals surface area contributed by atoms with E-state index in [1.165, 1.54) is 0 Å². The molecule has 5 nitrogen and oxygen atoms in total. The lowest BCUT2D eigenvalue weighted by Crippen LogP contribution is -2.65. The van der Waals surface area contributed by atoms with Gasteiger partial charge in [-0.3, -0.25) is 14.6 Å². The monoisotopic (exact) mass is 530 g/mol. The molecule has 0 N–H and O–H groups in total. The first kappa shape index (κ1) is 28.2. The number of fused-ring (bicyclic) bond motifs is 7. The summed E-state index contributed by atoms with van der Waals surface area (Å²) in [6.07, 6.45) is 10.5. The Balaban J connectivity index is 1.66. The average Bonchev–Trinajstić information content (AvgIpc) is 2.87. The molecular weight excluding hydrogens is 484 g/mol. The molecule has 3 saturated carbocycles. The molecule has 0 aromatic carbocycles. The molecule has 0 heterocycles. The van der Waals surface area contributed by atoms with Crippen LogP contribution in [0.5, 0.6) is 0 Å². The molecule has 0 bridgehead atoms. The van der Waals surface area contributed by atoms with E-state index in [-0.39, 0.29) is 63.0 Å². The summed E-state index contributed by atoms with van der Waals surface area (Å²) >= 11 is 0. The van der Waals surface area contributed by atoms with E-state index >= 15 is 0 Å². The van der Waals surface area contributed by atoms with Crippen LogP contribution in [0, 0.1) is 57.3 Å². The van der Waals surface area contributed by atoms with Gasteiger partial charge < -0.3 is 4.79 Å². The Morgan fingerprint density at radius 2 is 1.72 bits per heavy atom.